The van der Waals surface area contributed by atoms with E-state index in [-0.39, 0.29) is 31.6 Å². The summed E-state index contributed by atoms with van der Waals surface area (Å²) in [4.78, 5) is 26.5. The number of nitrogens with zero attached hydrogens (tertiary/aromatic N) is 1. The van der Waals surface area contributed by atoms with Crippen LogP contribution in [0.2, 0.25) is 0 Å². The van der Waals surface area contributed by atoms with Crippen molar-refractivity contribution < 1.29 is 19.8 Å². The average molecular weight is 301 g/mol. The highest BCUT2D eigenvalue weighted by molar-refractivity contribution is 6.05. The van der Waals surface area contributed by atoms with Gasteiger partial charge in [0.2, 0.25) is 11.8 Å². The van der Waals surface area contributed by atoms with Crippen molar-refractivity contribution in [3.63, 3.8) is 0 Å². The number of likely N-dealkylation sites (tertiary alicyclic amines) is 1. The highest BCUT2D eigenvalue weighted by Crippen LogP contribution is 2.41. The topological polar surface area (TPSA) is 77.8 Å². The van der Waals surface area contributed by atoms with E-state index >= 15 is 0 Å². The van der Waals surface area contributed by atoms with Gasteiger partial charge in [0, 0.05) is 5.92 Å². The maximum Gasteiger partial charge on any atom is 0.234 e. The second-order valence-electron chi connectivity index (χ2n) is 5.84. The lowest BCUT2D eigenvalue weighted by atomic mass is 9.73. The minimum Gasteiger partial charge on any atom is -0.396 e. The van der Waals surface area contributed by atoms with Crippen LogP contribution in [0.15, 0.2) is 42.0 Å². The van der Waals surface area contributed by atoms with Crippen LogP contribution in [-0.4, -0.2) is 40.1 Å². The molecule has 2 N–H and O–H groups in total. The highest BCUT2D eigenvalue weighted by atomic mass is 16.3. The summed E-state index contributed by atoms with van der Waals surface area (Å²) in [6, 6.07) is 9.38. The lowest BCUT2D eigenvalue weighted by molar-refractivity contribution is -0.140. The number of aliphatic hydroxyl groups excluding tert-OH is 2. The summed E-state index contributed by atoms with van der Waals surface area (Å²) in [6.07, 6.45) is 2.24. The molecule has 0 aromatic heterocycles. The molecule has 0 saturated carbocycles. The van der Waals surface area contributed by atoms with E-state index in [4.69, 9.17) is 0 Å². The largest absolute Gasteiger partial charge is 0.396 e. The average Bonchev–Trinajstić information content (AvgIpc) is 2.80. The van der Waals surface area contributed by atoms with E-state index in [0.29, 0.717) is 12.0 Å². The Hall–Kier alpha value is -1.98. The SMILES string of the molecule is O=C1[C@@H]2[C@@H](CC=C(CO)[C@@H]2CO)C(=O)N1Cc1ccccc1. The van der Waals surface area contributed by atoms with Crippen molar-refractivity contribution in [3.05, 3.63) is 47.5 Å². The number of hydrogen-bond acceptors (Lipinski definition) is 4. The number of amides is 2. The first-order valence-corrected chi connectivity index (χ1v) is 7.47. The van der Waals surface area contributed by atoms with Crippen LogP contribution < -0.4 is 0 Å². The number of aliphatic hydroxyl groups is 2. The summed E-state index contributed by atoms with van der Waals surface area (Å²) in [6.45, 7) is -0.154. The van der Waals surface area contributed by atoms with E-state index in [1.54, 1.807) is 6.08 Å². The number of rotatable bonds is 4. The Labute approximate surface area is 128 Å². The first-order valence-electron chi connectivity index (χ1n) is 7.47. The maximum atomic E-state index is 12.7. The molecule has 5 heteroatoms. The number of imide groups is 1. The van der Waals surface area contributed by atoms with Gasteiger partial charge in [0.15, 0.2) is 0 Å². The molecule has 1 aliphatic heterocycles. The molecule has 116 valence electrons. The van der Waals surface area contributed by atoms with Crippen molar-refractivity contribution in [2.75, 3.05) is 13.2 Å². The van der Waals surface area contributed by atoms with Gasteiger partial charge >= 0.3 is 0 Å². The van der Waals surface area contributed by atoms with Crippen molar-refractivity contribution in [2.45, 2.75) is 13.0 Å². The van der Waals surface area contributed by atoms with E-state index in [1.807, 2.05) is 30.3 Å². The molecule has 0 spiro atoms. The van der Waals surface area contributed by atoms with Gasteiger partial charge in [-0.05, 0) is 17.6 Å². The Morgan fingerprint density at radius 3 is 2.45 bits per heavy atom. The van der Waals surface area contributed by atoms with Gasteiger partial charge in [-0.15, -0.1) is 0 Å². The second kappa shape index (κ2) is 6.02. The first kappa shape index (κ1) is 14.9. The molecule has 5 nitrogen and oxygen atoms in total. The molecule has 3 rings (SSSR count). The summed E-state index contributed by atoms with van der Waals surface area (Å²) in [5.74, 6) is -1.83. The van der Waals surface area contributed by atoms with E-state index < -0.39 is 17.8 Å². The second-order valence-corrected chi connectivity index (χ2v) is 5.84. The van der Waals surface area contributed by atoms with E-state index in [9.17, 15) is 19.8 Å². The first-order chi connectivity index (χ1) is 10.7. The van der Waals surface area contributed by atoms with Crippen LogP contribution in [0.4, 0.5) is 0 Å². The minimum absolute atomic E-state index is 0.175. The number of carbonyl (C=O) groups excluding carboxylic acids is 2. The third-order valence-electron chi connectivity index (χ3n) is 4.67. The molecule has 1 heterocycles. The highest BCUT2D eigenvalue weighted by Gasteiger charge is 2.52. The molecule has 1 fully saturated rings. The van der Waals surface area contributed by atoms with Crippen molar-refractivity contribution in [1.82, 2.24) is 4.90 Å². The lowest BCUT2D eigenvalue weighted by Gasteiger charge is -2.29. The van der Waals surface area contributed by atoms with E-state index in [2.05, 4.69) is 0 Å². The molecule has 3 atom stereocenters. The lowest BCUT2D eigenvalue weighted by Crippen LogP contribution is -2.35. The van der Waals surface area contributed by atoms with Gasteiger partial charge in [0.25, 0.3) is 0 Å². The zero-order chi connectivity index (χ0) is 15.7. The fourth-order valence-corrected chi connectivity index (χ4v) is 3.51. The van der Waals surface area contributed by atoms with E-state index in [1.165, 1.54) is 4.90 Å². The van der Waals surface area contributed by atoms with Crippen LogP contribution in [0.5, 0.6) is 0 Å². The summed E-state index contributed by atoms with van der Waals surface area (Å²) in [5.41, 5.74) is 1.56. The van der Waals surface area contributed by atoms with Crippen molar-refractivity contribution in [3.8, 4) is 0 Å². The quantitative estimate of drug-likeness (QED) is 0.634. The van der Waals surface area contributed by atoms with Crippen molar-refractivity contribution in [1.29, 1.82) is 0 Å². The zero-order valence-corrected chi connectivity index (χ0v) is 12.2. The molecular formula is C17H19NO4. The van der Waals surface area contributed by atoms with Crippen LogP contribution >= 0.6 is 0 Å². The summed E-state index contributed by atoms with van der Waals surface area (Å²) < 4.78 is 0. The monoisotopic (exact) mass is 301 g/mol. The molecule has 22 heavy (non-hydrogen) atoms. The predicted molar refractivity (Wildman–Crippen MR) is 79.3 cm³/mol. The number of benzene rings is 1. The molecule has 2 aliphatic rings. The number of allylic oxidation sites excluding steroid dienone is 1. The van der Waals surface area contributed by atoms with Crippen LogP contribution in [0, 0.1) is 17.8 Å². The molecule has 0 unspecified atom stereocenters. The smallest absolute Gasteiger partial charge is 0.234 e. The predicted octanol–water partition coefficient (Wildman–Crippen LogP) is 0.719. The Kier molecular flexibility index (Phi) is 4.09. The Balaban J connectivity index is 1.86. The summed E-state index contributed by atoms with van der Waals surface area (Å²) >= 11 is 0. The van der Waals surface area contributed by atoms with Gasteiger partial charge in [0.1, 0.15) is 0 Å². The van der Waals surface area contributed by atoms with Crippen LogP contribution in [0.3, 0.4) is 0 Å². The molecule has 0 radical (unpaired) electrons. The van der Waals surface area contributed by atoms with Crippen LogP contribution in [0.1, 0.15) is 12.0 Å². The summed E-state index contributed by atoms with van der Waals surface area (Å²) in [5, 5.41) is 19.0. The van der Waals surface area contributed by atoms with Gasteiger partial charge in [-0.2, -0.15) is 0 Å². The van der Waals surface area contributed by atoms with Gasteiger partial charge in [-0.25, -0.2) is 0 Å². The normalized spacial score (nSPS) is 27.8. The van der Waals surface area contributed by atoms with E-state index in [0.717, 1.165) is 5.56 Å². The van der Waals surface area contributed by atoms with Gasteiger partial charge in [-0.1, -0.05) is 36.4 Å². The van der Waals surface area contributed by atoms with Gasteiger partial charge in [-0.3, -0.25) is 14.5 Å². The minimum atomic E-state index is -0.548. The number of fused-ring (bicyclic) bond motifs is 1. The van der Waals surface area contributed by atoms with Crippen LogP contribution in [-0.2, 0) is 16.1 Å². The molecule has 1 aromatic carbocycles. The third-order valence-corrected chi connectivity index (χ3v) is 4.67. The third kappa shape index (κ3) is 2.36. The molecule has 2 amide bonds. The molecule has 1 saturated heterocycles. The fourth-order valence-electron chi connectivity index (χ4n) is 3.51. The van der Waals surface area contributed by atoms with Crippen molar-refractivity contribution >= 4 is 11.8 Å². The number of carbonyl (C=O) groups is 2. The standard InChI is InChI=1S/C17H19NO4/c19-9-12-6-7-13-15(14(12)10-20)17(22)18(16(13)21)8-11-4-2-1-3-5-11/h1-6,13-15,19-20H,7-10H2/t13-,14+,15-/m1/s1. The Bertz CT molecular complexity index is 610. The van der Waals surface area contributed by atoms with Crippen molar-refractivity contribution in [2.24, 2.45) is 17.8 Å². The summed E-state index contributed by atoms with van der Waals surface area (Å²) in [7, 11) is 0. The van der Waals surface area contributed by atoms with Gasteiger partial charge in [0.05, 0.1) is 31.6 Å². The van der Waals surface area contributed by atoms with Crippen LogP contribution in [0.25, 0.3) is 0 Å². The molecular weight excluding hydrogens is 282 g/mol. The zero-order valence-electron chi connectivity index (χ0n) is 12.2. The molecule has 1 aromatic rings. The fraction of sp³-hybridized carbons (Fsp3) is 0.412. The molecule has 1 aliphatic carbocycles. The number of hydrogen-bond donors (Lipinski definition) is 2. The molecule has 0 bridgehead atoms. The Morgan fingerprint density at radius 2 is 1.82 bits per heavy atom. The van der Waals surface area contributed by atoms with Gasteiger partial charge < -0.3 is 10.2 Å². The Morgan fingerprint density at radius 1 is 1.09 bits per heavy atom. The maximum absolute atomic E-state index is 12.7.